The second kappa shape index (κ2) is 6.13. The second-order valence-corrected chi connectivity index (χ2v) is 4.06. The maximum atomic E-state index is 5.57. The number of hydrogen-bond acceptors (Lipinski definition) is 0. The molecule has 0 spiro atoms. The predicted molar refractivity (Wildman–Crippen MR) is 74.1 cm³/mol. The van der Waals surface area contributed by atoms with Crippen molar-refractivity contribution in [3.8, 4) is 23.0 Å². The Labute approximate surface area is 107 Å². The molecule has 0 fully saturated rings. The lowest BCUT2D eigenvalue weighted by Gasteiger charge is -2.00. The minimum Gasteiger partial charge on any atom is -0.126 e. The molecule has 2 aromatic rings. The molecule has 0 aliphatic rings. The molecule has 0 unspecified atom stereocenters. The van der Waals surface area contributed by atoms with E-state index in [1.807, 2.05) is 30.3 Å². The Balaban J connectivity index is 2.17. The average Bonchev–Trinajstić information content (AvgIpc) is 2.41. The Hall–Kier alpha value is -1.71. The fourth-order valence-corrected chi connectivity index (χ4v) is 1.68. The molecular formula is C16H13Cl. The lowest BCUT2D eigenvalue weighted by molar-refractivity contribution is 1.29. The molecule has 0 saturated carbocycles. The fourth-order valence-electron chi connectivity index (χ4n) is 1.59. The molecule has 0 saturated heterocycles. The number of halogens is 1. The van der Waals surface area contributed by atoms with Gasteiger partial charge in [-0.05, 0) is 23.3 Å². The van der Waals surface area contributed by atoms with Gasteiger partial charge in [0.15, 0.2) is 0 Å². The van der Waals surface area contributed by atoms with Crippen molar-refractivity contribution in [1.82, 2.24) is 0 Å². The topological polar surface area (TPSA) is 0 Å². The summed E-state index contributed by atoms with van der Waals surface area (Å²) in [6, 6.07) is 18.6. The molecule has 0 radical (unpaired) electrons. The summed E-state index contributed by atoms with van der Waals surface area (Å²) in [6.07, 6.45) is 0.738. The SMILES string of the molecule is ClCCC#Cc1ccc(-c2ccccc2)cc1. The van der Waals surface area contributed by atoms with Gasteiger partial charge >= 0.3 is 0 Å². The number of hydrogen-bond donors (Lipinski definition) is 0. The van der Waals surface area contributed by atoms with Gasteiger partial charge in [0.05, 0.1) is 0 Å². The molecule has 0 aliphatic carbocycles. The van der Waals surface area contributed by atoms with Crippen LogP contribution in [0.2, 0.25) is 0 Å². The molecule has 0 amide bonds. The molecular weight excluding hydrogens is 228 g/mol. The van der Waals surface area contributed by atoms with Crippen LogP contribution in [0, 0.1) is 11.8 Å². The van der Waals surface area contributed by atoms with Crippen LogP contribution in [0.15, 0.2) is 54.6 Å². The van der Waals surface area contributed by atoms with Crippen molar-refractivity contribution in [3.63, 3.8) is 0 Å². The Morgan fingerprint density at radius 3 is 2.12 bits per heavy atom. The largest absolute Gasteiger partial charge is 0.126 e. The Morgan fingerprint density at radius 2 is 1.47 bits per heavy atom. The first kappa shape index (κ1) is 11.8. The molecule has 84 valence electrons. The quantitative estimate of drug-likeness (QED) is 0.541. The van der Waals surface area contributed by atoms with Crippen LogP contribution in [-0.4, -0.2) is 5.88 Å². The minimum absolute atomic E-state index is 0.592. The number of rotatable bonds is 2. The summed E-state index contributed by atoms with van der Waals surface area (Å²) in [5, 5.41) is 0. The molecule has 0 heterocycles. The summed E-state index contributed by atoms with van der Waals surface area (Å²) in [5.41, 5.74) is 3.48. The van der Waals surface area contributed by atoms with Gasteiger partial charge in [-0.1, -0.05) is 54.3 Å². The van der Waals surface area contributed by atoms with Gasteiger partial charge in [-0.2, -0.15) is 0 Å². The van der Waals surface area contributed by atoms with E-state index in [0.717, 1.165) is 12.0 Å². The molecule has 2 rings (SSSR count). The standard InChI is InChI=1S/C16H13Cl/c17-13-5-4-6-14-9-11-16(12-10-14)15-7-2-1-3-8-15/h1-3,7-12H,5,13H2. The van der Waals surface area contributed by atoms with Crippen molar-refractivity contribution in [2.75, 3.05) is 5.88 Å². The highest BCUT2D eigenvalue weighted by Crippen LogP contribution is 2.18. The van der Waals surface area contributed by atoms with Gasteiger partial charge in [0.25, 0.3) is 0 Å². The Morgan fingerprint density at radius 1 is 0.824 bits per heavy atom. The molecule has 0 nitrogen and oxygen atoms in total. The van der Waals surface area contributed by atoms with Crippen molar-refractivity contribution in [3.05, 3.63) is 60.2 Å². The zero-order valence-corrected chi connectivity index (χ0v) is 10.2. The molecule has 2 aromatic carbocycles. The fraction of sp³-hybridized carbons (Fsp3) is 0.125. The first-order valence-corrected chi connectivity index (χ1v) is 6.14. The van der Waals surface area contributed by atoms with Crippen LogP contribution in [0.4, 0.5) is 0 Å². The van der Waals surface area contributed by atoms with Gasteiger partial charge in [-0.3, -0.25) is 0 Å². The smallest absolute Gasteiger partial charge is 0.0333 e. The van der Waals surface area contributed by atoms with Gasteiger partial charge in [0.1, 0.15) is 0 Å². The maximum Gasteiger partial charge on any atom is 0.0333 e. The highest BCUT2D eigenvalue weighted by atomic mass is 35.5. The van der Waals surface area contributed by atoms with Crippen LogP contribution in [0.1, 0.15) is 12.0 Å². The predicted octanol–water partition coefficient (Wildman–Crippen LogP) is 4.33. The number of alkyl halides is 1. The van der Waals surface area contributed by atoms with E-state index in [1.165, 1.54) is 11.1 Å². The highest BCUT2D eigenvalue weighted by molar-refractivity contribution is 6.18. The van der Waals surface area contributed by atoms with E-state index in [0.29, 0.717) is 5.88 Å². The van der Waals surface area contributed by atoms with Gasteiger partial charge in [0, 0.05) is 17.9 Å². The van der Waals surface area contributed by atoms with E-state index < -0.39 is 0 Å². The first-order valence-electron chi connectivity index (χ1n) is 5.60. The summed E-state index contributed by atoms with van der Waals surface area (Å²) in [4.78, 5) is 0. The number of benzene rings is 2. The van der Waals surface area contributed by atoms with E-state index in [2.05, 4.69) is 36.1 Å². The van der Waals surface area contributed by atoms with Crippen molar-refractivity contribution >= 4 is 11.6 Å². The van der Waals surface area contributed by atoms with Crippen LogP contribution in [0.5, 0.6) is 0 Å². The second-order valence-electron chi connectivity index (χ2n) is 3.68. The lowest BCUT2D eigenvalue weighted by atomic mass is 10.0. The molecule has 0 atom stereocenters. The molecule has 17 heavy (non-hydrogen) atoms. The third kappa shape index (κ3) is 3.37. The van der Waals surface area contributed by atoms with Gasteiger partial charge < -0.3 is 0 Å². The normalized spacial score (nSPS) is 9.47. The Bertz CT molecular complexity index is 515. The van der Waals surface area contributed by atoms with E-state index >= 15 is 0 Å². The van der Waals surface area contributed by atoms with Gasteiger partial charge in [-0.15, -0.1) is 11.6 Å². The zero-order valence-electron chi connectivity index (χ0n) is 9.49. The third-order valence-electron chi connectivity index (χ3n) is 2.44. The maximum absolute atomic E-state index is 5.57. The van der Waals surface area contributed by atoms with Crippen LogP contribution >= 0.6 is 11.6 Å². The minimum atomic E-state index is 0.592. The van der Waals surface area contributed by atoms with Gasteiger partial charge in [0.2, 0.25) is 0 Å². The van der Waals surface area contributed by atoms with Crippen LogP contribution in [0.25, 0.3) is 11.1 Å². The summed E-state index contributed by atoms with van der Waals surface area (Å²) < 4.78 is 0. The molecule has 0 bridgehead atoms. The molecule has 1 heteroatoms. The summed E-state index contributed by atoms with van der Waals surface area (Å²) >= 11 is 5.57. The average molecular weight is 241 g/mol. The van der Waals surface area contributed by atoms with E-state index in [1.54, 1.807) is 0 Å². The molecule has 0 aromatic heterocycles. The zero-order chi connectivity index (χ0) is 11.9. The van der Waals surface area contributed by atoms with Gasteiger partial charge in [-0.25, -0.2) is 0 Å². The van der Waals surface area contributed by atoms with E-state index in [-0.39, 0.29) is 0 Å². The highest BCUT2D eigenvalue weighted by Gasteiger charge is 1.95. The van der Waals surface area contributed by atoms with Crippen LogP contribution in [-0.2, 0) is 0 Å². The molecule has 0 aliphatic heterocycles. The van der Waals surface area contributed by atoms with Crippen molar-refractivity contribution in [1.29, 1.82) is 0 Å². The first-order chi connectivity index (χ1) is 8.40. The lowest BCUT2D eigenvalue weighted by Crippen LogP contribution is -1.78. The van der Waals surface area contributed by atoms with Crippen molar-refractivity contribution < 1.29 is 0 Å². The van der Waals surface area contributed by atoms with Crippen LogP contribution < -0.4 is 0 Å². The van der Waals surface area contributed by atoms with E-state index in [9.17, 15) is 0 Å². The monoisotopic (exact) mass is 240 g/mol. The summed E-state index contributed by atoms with van der Waals surface area (Å²) in [6.45, 7) is 0. The van der Waals surface area contributed by atoms with Crippen LogP contribution in [0.3, 0.4) is 0 Å². The summed E-state index contributed by atoms with van der Waals surface area (Å²) in [5.74, 6) is 6.71. The Kier molecular flexibility index (Phi) is 4.24. The van der Waals surface area contributed by atoms with Crippen molar-refractivity contribution in [2.24, 2.45) is 0 Å². The molecule has 0 N–H and O–H groups in total. The third-order valence-corrected chi connectivity index (χ3v) is 2.63. The van der Waals surface area contributed by atoms with Crippen molar-refractivity contribution in [2.45, 2.75) is 6.42 Å². The van der Waals surface area contributed by atoms with E-state index in [4.69, 9.17) is 11.6 Å². The summed E-state index contributed by atoms with van der Waals surface area (Å²) in [7, 11) is 0.